The summed E-state index contributed by atoms with van der Waals surface area (Å²) >= 11 is 7.93. The van der Waals surface area contributed by atoms with E-state index in [-0.39, 0.29) is 18.0 Å². The molecule has 0 bridgehead atoms. The Balaban J connectivity index is 1.83. The van der Waals surface area contributed by atoms with Gasteiger partial charge in [0.25, 0.3) is 0 Å². The molecule has 0 radical (unpaired) electrons. The van der Waals surface area contributed by atoms with E-state index in [1.807, 2.05) is 30.0 Å². The summed E-state index contributed by atoms with van der Waals surface area (Å²) in [6.45, 7) is 4.32. The second kappa shape index (κ2) is 9.66. The normalized spacial score (nSPS) is 21.3. The van der Waals surface area contributed by atoms with Crippen LogP contribution in [0.3, 0.4) is 0 Å². The van der Waals surface area contributed by atoms with Gasteiger partial charge >= 0.3 is 0 Å². The SMILES string of the molecule is CCC1CCC(c2ccc(Cl)cc2)N(C(CC)CSc2ccccc2)C1=O. The van der Waals surface area contributed by atoms with Crippen molar-refractivity contribution in [1.82, 2.24) is 4.90 Å². The molecule has 2 nitrogen and oxygen atoms in total. The van der Waals surface area contributed by atoms with Crippen LogP contribution in [0.5, 0.6) is 0 Å². The molecule has 0 saturated carbocycles. The van der Waals surface area contributed by atoms with Crippen LogP contribution in [0.15, 0.2) is 59.5 Å². The first-order valence-electron chi connectivity index (χ1n) is 9.89. The molecule has 1 aliphatic heterocycles. The molecule has 2 aromatic carbocycles. The van der Waals surface area contributed by atoms with Gasteiger partial charge in [0.2, 0.25) is 5.91 Å². The molecule has 2 aromatic rings. The third kappa shape index (κ3) is 4.89. The van der Waals surface area contributed by atoms with Gasteiger partial charge in [0.05, 0.1) is 6.04 Å². The fourth-order valence-corrected chi connectivity index (χ4v) is 5.17. The molecular formula is C23H28ClNOS. The summed E-state index contributed by atoms with van der Waals surface area (Å²) < 4.78 is 0. The summed E-state index contributed by atoms with van der Waals surface area (Å²) in [6.07, 6.45) is 3.89. The van der Waals surface area contributed by atoms with Crippen LogP contribution in [-0.4, -0.2) is 22.6 Å². The average molecular weight is 402 g/mol. The van der Waals surface area contributed by atoms with Crippen molar-refractivity contribution in [2.24, 2.45) is 5.92 Å². The minimum Gasteiger partial charge on any atom is -0.332 e. The zero-order chi connectivity index (χ0) is 19.2. The molecule has 3 atom stereocenters. The summed E-state index contributed by atoms with van der Waals surface area (Å²) in [4.78, 5) is 16.8. The third-order valence-corrected chi connectivity index (χ3v) is 6.93. The molecular weight excluding hydrogens is 374 g/mol. The molecule has 144 valence electrons. The van der Waals surface area contributed by atoms with E-state index in [1.165, 1.54) is 10.5 Å². The van der Waals surface area contributed by atoms with Crippen molar-refractivity contribution in [1.29, 1.82) is 0 Å². The number of benzene rings is 2. The van der Waals surface area contributed by atoms with Gasteiger partial charge in [-0.1, -0.05) is 55.8 Å². The van der Waals surface area contributed by atoms with E-state index in [4.69, 9.17) is 11.6 Å². The summed E-state index contributed by atoms with van der Waals surface area (Å²) in [7, 11) is 0. The van der Waals surface area contributed by atoms with E-state index < -0.39 is 0 Å². The maximum atomic E-state index is 13.3. The Morgan fingerprint density at radius 2 is 1.78 bits per heavy atom. The predicted molar refractivity (Wildman–Crippen MR) is 115 cm³/mol. The number of nitrogens with zero attached hydrogens (tertiary/aromatic N) is 1. The van der Waals surface area contributed by atoms with Crippen LogP contribution in [0.4, 0.5) is 0 Å². The third-order valence-electron chi connectivity index (χ3n) is 5.53. The number of amides is 1. The first-order chi connectivity index (χ1) is 13.1. The van der Waals surface area contributed by atoms with E-state index in [1.54, 1.807) is 0 Å². The smallest absolute Gasteiger partial charge is 0.226 e. The van der Waals surface area contributed by atoms with Crippen molar-refractivity contribution >= 4 is 29.3 Å². The van der Waals surface area contributed by atoms with Crippen LogP contribution in [0, 0.1) is 5.92 Å². The van der Waals surface area contributed by atoms with Gasteiger partial charge in [-0.25, -0.2) is 0 Å². The summed E-state index contributed by atoms with van der Waals surface area (Å²) in [6, 6.07) is 18.9. The minimum atomic E-state index is 0.152. The first kappa shape index (κ1) is 20.3. The largest absolute Gasteiger partial charge is 0.332 e. The second-order valence-corrected chi connectivity index (χ2v) is 8.71. The van der Waals surface area contributed by atoms with E-state index in [0.29, 0.717) is 5.91 Å². The Hall–Kier alpha value is -1.45. The summed E-state index contributed by atoms with van der Waals surface area (Å²) in [5.41, 5.74) is 1.20. The molecule has 4 heteroatoms. The van der Waals surface area contributed by atoms with Crippen LogP contribution >= 0.6 is 23.4 Å². The molecule has 1 aliphatic rings. The molecule has 1 amide bonds. The van der Waals surface area contributed by atoms with Crippen LogP contribution in [0.25, 0.3) is 0 Å². The van der Waals surface area contributed by atoms with Crippen molar-refractivity contribution in [2.75, 3.05) is 5.75 Å². The van der Waals surface area contributed by atoms with Crippen LogP contribution in [0.1, 0.15) is 51.1 Å². The predicted octanol–water partition coefficient (Wildman–Crippen LogP) is 6.60. The van der Waals surface area contributed by atoms with Gasteiger partial charge in [0.1, 0.15) is 0 Å². The number of thioether (sulfide) groups is 1. The van der Waals surface area contributed by atoms with Gasteiger partial charge in [-0.15, -0.1) is 11.8 Å². The molecule has 0 aliphatic carbocycles. The lowest BCUT2D eigenvalue weighted by Gasteiger charge is -2.44. The molecule has 0 aromatic heterocycles. The monoisotopic (exact) mass is 401 g/mol. The highest BCUT2D eigenvalue weighted by Gasteiger charge is 2.38. The summed E-state index contributed by atoms with van der Waals surface area (Å²) in [5, 5.41) is 0.741. The first-order valence-corrected chi connectivity index (χ1v) is 11.3. The minimum absolute atomic E-state index is 0.152. The highest BCUT2D eigenvalue weighted by atomic mass is 35.5. The van der Waals surface area contributed by atoms with Crippen molar-refractivity contribution in [3.05, 3.63) is 65.2 Å². The lowest BCUT2D eigenvalue weighted by Crippen LogP contribution is -2.49. The lowest BCUT2D eigenvalue weighted by atomic mass is 9.85. The van der Waals surface area contributed by atoms with E-state index in [9.17, 15) is 4.79 Å². The molecule has 27 heavy (non-hydrogen) atoms. The Bertz CT molecular complexity index is 734. The zero-order valence-electron chi connectivity index (χ0n) is 16.1. The number of rotatable bonds is 7. The quantitative estimate of drug-likeness (QED) is 0.487. The van der Waals surface area contributed by atoms with Crippen molar-refractivity contribution in [2.45, 2.75) is 56.5 Å². The van der Waals surface area contributed by atoms with Crippen LogP contribution < -0.4 is 0 Å². The molecule has 1 saturated heterocycles. The maximum Gasteiger partial charge on any atom is 0.226 e. The zero-order valence-corrected chi connectivity index (χ0v) is 17.7. The molecule has 1 heterocycles. The topological polar surface area (TPSA) is 20.3 Å². The van der Waals surface area contributed by atoms with Crippen molar-refractivity contribution < 1.29 is 4.79 Å². The van der Waals surface area contributed by atoms with Gasteiger partial charge in [-0.05, 0) is 55.5 Å². The molecule has 1 fully saturated rings. The highest BCUT2D eigenvalue weighted by Crippen LogP contribution is 2.39. The van der Waals surface area contributed by atoms with Crippen LogP contribution in [0.2, 0.25) is 5.02 Å². The highest BCUT2D eigenvalue weighted by molar-refractivity contribution is 7.99. The number of hydrogen-bond acceptors (Lipinski definition) is 2. The molecule has 0 spiro atoms. The number of piperidine rings is 1. The van der Waals surface area contributed by atoms with Gasteiger partial charge < -0.3 is 4.90 Å². The van der Waals surface area contributed by atoms with E-state index >= 15 is 0 Å². The van der Waals surface area contributed by atoms with Crippen molar-refractivity contribution in [3.8, 4) is 0 Å². The molecule has 3 rings (SSSR count). The van der Waals surface area contributed by atoms with E-state index in [0.717, 1.165) is 36.5 Å². The fourth-order valence-electron chi connectivity index (χ4n) is 3.92. The van der Waals surface area contributed by atoms with Crippen molar-refractivity contribution in [3.63, 3.8) is 0 Å². The molecule has 0 N–H and O–H groups in total. The van der Waals surface area contributed by atoms with Gasteiger partial charge in [-0.2, -0.15) is 0 Å². The summed E-state index contributed by atoms with van der Waals surface area (Å²) in [5.74, 6) is 1.40. The van der Waals surface area contributed by atoms with Crippen LogP contribution in [-0.2, 0) is 4.79 Å². The standard InChI is InChI=1S/C23H28ClNOS/c1-3-17-12-15-22(18-10-13-19(24)14-11-18)25(23(17)26)20(4-2)16-27-21-8-6-5-7-9-21/h5-11,13-14,17,20,22H,3-4,12,15-16H2,1-2H3. The number of likely N-dealkylation sites (tertiary alicyclic amines) is 1. The van der Waals surface area contributed by atoms with Gasteiger partial charge in [0, 0.05) is 27.6 Å². The average Bonchev–Trinajstić information content (AvgIpc) is 2.70. The second-order valence-electron chi connectivity index (χ2n) is 7.18. The number of halogens is 1. The van der Waals surface area contributed by atoms with E-state index in [2.05, 4.69) is 55.1 Å². The number of carbonyl (C=O) groups excluding carboxylic acids is 1. The van der Waals surface area contributed by atoms with Gasteiger partial charge in [-0.3, -0.25) is 4.79 Å². The number of hydrogen-bond donors (Lipinski definition) is 0. The number of carbonyl (C=O) groups is 1. The Morgan fingerprint density at radius 1 is 1.07 bits per heavy atom. The Labute approximate surface area is 172 Å². The molecule has 3 unspecified atom stereocenters. The fraction of sp³-hybridized carbons (Fsp3) is 0.435. The lowest BCUT2D eigenvalue weighted by molar-refractivity contribution is -0.145. The van der Waals surface area contributed by atoms with Gasteiger partial charge in [0.15, 0.2) is 0 Å². The Kier molecular flexibility index (Phi) is 7.26. The maximum absolute atomic E-state index is 13.3. The Morgan fingerprint density at radius 3 is 2.41 bits per heavy atom.